The summed E-state index contributed by atoms with van der Waals surface area (Å²) in [5.74, 6) is 3.46. The molecule has 3 aromatic rings. The normalized spacial score (nSPS) is 14.6. The van der Waals surface area contributed by atoms with Gasteiger partial charge in [0.05, 0.1) is 10.1 Å². The summed E-state index contributed by atoms with van der Waals surface area (Å²) in [5.41, 5.74) is 2.38. The smallest absolute Gasteiger partial charge is 0.217 e. The van der Waals surface area contributed by atoms with Crippen molar-refractivity contribution in [2.24, 2.45) is 0 Å². The number of anilines is 1. The number of aromatic nitrogens is 2. The number of benzene rings is 2. The minimum absolute atomic E-state index is 0.368. The molecular weight excluding hydrogens is 400 g/mol. The van der Waals surface area contributed by atoms with E-state index >= 15 is 0 Å². The van der Waals surface area contributed by atoms with Gasteiger partial charge >= 0.3 is 0 Å². The molecule has 3 rings (SSSR count). The quantitative estimate of drug-likeness (QED) is 0.429. The van der Waals surface area contributed by atoms with Crippen LogP contribution in [0.15, 0.2) is 78.4 Å². The maximum Gasteiger partial charge on any atom is 0.217 e. The first-order valence-corrected chi connectivity index (χ1v) is 10.8. The van der Waals surface area contributed by atoms with Crippen molar-refractivity contribution in [3.63, 3.8) is 0 Å². The highest BCUT2D eigenvalue weighted by atomic mass is 35.5. The summed E-state index contributed by atoms with van der Waals surface area (Å²) in [4.78, 5) is 0. The van der Waals surface area contributed by atoms with Crippen molar-refractivity contribution in [3.8, 4) is 0 Å². The molecule has 0 saturated heterocycles. The topological polar surface area (TPSA) is 57.8 Å². The van der Waals surface area contributed by atoms with Gasteiger partial charge < -0.3 is 5.09 Å². The van der Waals surface area contributed by atoms with Crippen LogP contribution in [0.1, 0.15) is 16.8 Å². The molecule has 4 nitrogen and oxygen atoms in total. The van der Waals surface area contributed by atoms with Gasteiger partial charge in [0.1, 0.15) is 0 Å². The minimum Gasteiger partial charge on any atom is -0.313 e. The summed E-state index contributed by atoms with van der Waals surface area (Å²) in [6.07, 6.45) is 0. The van der Waals surface area contributed by atoms with Gasteiger partial charge in [-0.05, 0) is 18.1 Å². The molecule has 0 bridgehead atoms. The molecule has 27 heavy (non-hydrogen) atoms. The lowest BCUT2D eigenvalue weighted by Crippen LogP contribution is -1.94. The summed E-state index contributed by atoms with van der Waals surface area (Å²) in [5, 5.41) is 10.6. The fraction of sp³-hybridized carbons (Fsp3) is 0.0500. The first kappa shape index (κ1) is 19.5. The Labute approximate surface area is 168 Å². The van der Waals surface area contributed by atoms with Gasteiger partial charge in [0.25, 0.3) is 0 Å². The van der Waals surface area contributed by atoms with E-state index in [1.165, 1.54) is 11.6 Å². The number of H-pyrrole nitrogens is 1. The van der Waals surface area contributed by atoms with Gasteiger partial charge in [-0.15, -0.1) is 0 Å². The van der Waals surface area contributed by atoms with E-state index in [9.17, 15) is 4.57 Å². The van der Waals surface area contributed by atoms with Crippen LogP contribution in [0.3, 0.4) is 0 Å². The zero-order chi connectivity index (χ0) is 19.3. The number of hydrogen-bond acceptors (Lipinski definition) is 2. The van der Waals surface area contributed by atoms with Crippen molar-refractivity contribution in [1.29, 1.82) is 0 Å². The largest absolute Gasteiger partial charge is 0.313 e. The van der Waals surface area contributed by atoms with Gasteiger partial charge in [-0.25, -0.2) is 0 Å². The van der Waals surface area contributed by atoms with Crippen molar-refractivity contribution in [2.45, 2.75) is 6.92 Å². The Hall–Kier alpha value is -2.26. The van der Waals surface area contributed by atoms with E-state index in [1.54, 1.807) is 6.07 Å². The van der Waals surface area contributed by atoms with E-state index in [0.29, 0.717) is 15.9 Å². The molecule has 0 aliphatic heterocycles. The molecule has 1 heterocycles. The Kier molecular flexibility index (Phi) is 6.22. The average Bonchev–Trinajstić information content (AvgIpc) is 3.07. The van der Waals surface area contributed by atoms with Gasteiger partial charge in [0.2, 0.25) is 7.29 Å². The third kappa shape index (κ3) is 5.36. The molecule has 0 aliphatic carbocycles. The van der Waals surface area contributed by atoms with Crippen LogP contribution < -0.4 is 5.09 Å². The molecular formula is C20H18Cl2N3OP. The highest BCUT2D eigenvalue weighted by molar-refractivity contribution is 7.72. The summed E-state index contributed by atoms with van der Waals surface area (Å²) in [6.45, 7) is 1.86. The maximum absolute atomic E-state index is 13.7. The van der Waals surface area contributed by atoms with E-state index in [4.69, 9.17) is 23.2 Å². The van der Waals surface area contributed by atoms with E-state index < -0.39 is 7.29 Å². The highest BCUT2D eigenvalue weighted by Crippen LogP contribution is 2.53. The van der Waals surface area contributed by atoms with Crippen molar-refractivity contribution >= 4 is 46.4 Å². The molecule has 1 unspecified atom stereocenters. The maximum atomic E-state index is 13.7. The van der Waals surface area contributed by atoms with Crippen LogP contribution in [0.5, 0.6) is 0 Å². The molecule has 0 amide bonds. The number of aromatic amines is 1. The number of rotatable bonds is 6. The molecule has 2 N–H and O–H groups in total. The van der Waals surface area contributed by atoms with Crippen LogP contribution in [0, 0.1) is 6.92 Å². The lowest BCUT2D eigenvalue weighted by atomic mass is 10.2. The van der Waals surface area contributed by atoms with E-state index in [1.807, 2.05) is 67.6 Å². The fourth-order valence-corrected chi connectivity index (χ4v) is 5.21. The number of hydrogen-bond donors (Lipinski definition) is 2. The highest BCUT2D eigenvalue weighted by Gasteiger charge is 2.20. The second kappa shape index (κ2) is 8.62. The lowest BCUT2D eigenvalue weighted by molar-refractivity contribution is 0.589. The molecule has 0 radical (unpaired) electrons. The molecule has 0 spiro atoms. The second-order valence-electron chi connectivity index (χ2n) is 5.94. The first-order chi connectivity index (χ1) is 13.0. The zero-order valence-electron chi connectivity index (χ0n) is 14.6. The van der Waals surface area contributed by atoms with E-state index in [0.717, 1.165) is 16.8 Å². The average molecular weight is 418 g/mol. The van der Waals surface area contributed by atoms with Crippen LogP contribution in [0.25, 0.3) is 10.1 Å². The number of halogens is 2. The molecule has 1 aromatic heterocycles. The Morgan fingerprint density at radius 3 is 1.85 bits per heavy atom. The van der Waals surface area contributed by atoms with Crippen molar-refractivity contribution in [3.05, 3.63) is 95.2 Å². The van der Waals surface area contributed by atoms with Gasteiger partial charge in [-0.2, -0.15) is 5.10 Å². The summed E-state index contributed by atoms with van der Waals surface area (Å²) >= 11 is 12.9. The van der Waals surface area contributed by atoms with E-state index in [-0.39, 0.29) is 0 Å². The first-order valence-electron chi connectivity index (χ1n) is 8.22. The fourth-order valence-electron chi connectivity index (χ4n) is 2.44. The van der Waals surface area contributed by atoms with Crippen molar-refractivity contribution < 1.29 is 4.57 Å². The number of aryl methyl sites for hydroxylation is 1. The number of nitrogens with zero attached hydrogens (tertiary/aromatic N) is 1. The van der Waals surface area contributed by atoms with E-state index in [2.05, 4.69) is 15.3 Å². The summed E-state index contributed by atoms with van der Waals surface area (Å²) in [6, 6.07) is 20.4. The predicted octanol–water partition coefficient (Wildman–Crippen LogP) is 6.88. The van der Waals surface area contributed by atoms with Crippen LogP contribution >= 0.6 is 30.5 Å². The minimum atomic E-state index is -3.29. The van der Waals surface area contributed by atoms with Crippen LogP contribution in [-0.4, -0.2) is 10.2 Å². The van der Waals surface area contributed by atoms with Crippen molar-refractivity contribution in [2.75, 3.05) is 5.09 Å². The Bertz CT molecular complexity index is 954. The Morgan fingerprint density at radius 2 is 1.44 bits per heavy atom. The van der Waals surface area contributed by atoms with Crippen LogP contribution in [-0.2, 0) is 4.57 Å². The molecule has 0 fully saturated rings. The monoisotopic (exact) mass is 417 g/mol. The Morgan fingerprint density at radius 1 is 0.963 bits per heavy atom. The molecule has 0 aliphatic rings. The Balaban J connectivity index is 2.02. The predicted molar refractivity (Wildman–Crippen MR) is 115 cm³/mol. The third-order valence-electron chi connectivity index (χ3n) is 3.70. The second-order valence-corrected chi connectivity index (χ2v) is 8.92. The van der Waals surface area contributed by atoms with Crippen molar-refractivity contribution in [1.82, 2.24) is 10.2 Å². The van der Waals surface area contributed by atoms with Crippen LogP contribution in [0.2, 0.25) is 0 Å². The van der Waals surface area contributed by atoms with Gasteiger partial charge in [-0.3, -0.25) is 9.66 Å². The molecule has 1 atom stereocenters. The molecule has 7 heteroatoms. The van der Waals surface area contributed by atoms with Gasteiger partial charge in [-0.1, -0.05) is 83.9 Å². The lowest BCUT2D eigenvalue weighted by Gasteiger charge is -2.14. The standard InChI is InChI=1S/C20H18Cl2N3OP/c1-15-12-20(24-23-15)25-27(26,13-18(21)16-8-4-2-5-9-16)14-19(22)17-10-6-3-7-11-17/h2-14H,1H3,(H2,23,24,25,26)/b18-13+,19-14?. The van der Waals surface area contributed by atoms with Crippen LogP contribution in [0.4, 0.5) is 5.82 Å². The number of nitrogens with one attached hydrogen (secondary N) is 2. The van der Waals surface area contributed by atoms with Gasteiger partial charge in [0.15, 0.2) is 5.82 Å². The SMILES string of the molecule is Cc1cc(NP(=O)(C=C(Cl)c2ccccc2)/C=C(/Cl)c2ccccc2)n[nH]1. The molecule has 138 valence electrons. The third-order valence-corrected chi connectivity index (χ3v) is 6.53. The summed E-state index contributed by atoms with van der Waals surface area (Å²) < 4.78 is 13.7. The molecule has 0 saturated carbocycles. The van der Waals surface area contributed by atoms with Gasteiger partial charge in [0, 0.05) is 23.4 Å². The molecule has 2 aromatic carbocycles. The summed E-state index contributed by atoms with van der Waals surface area (Å²) in [7, 11) is -3.29. The zero-order valence-corrected chi connectivity index (χ0v) is 17.0.